The van der Waals surface area contributed by atoms with E-state index >= 15 is 0 Å². The Hall–Kier alpha value is -2.95. The summed E-state index contributed by atoms with van der Waals surface area (Å²) < 4.78 is 0. The van der Waals surface area contributed by atoms with Gasteiger partial charge in [-0.3, -0.25) is 9.59 Å². The van der Waals surface area contributed by atoms with Gasteiger partial charge in [0.2, 0.25) is 5.91 Å². The number of hydrogen-bond donors (Lipinski definition) is 0. The highest BCUT2D eigenvalue weighted by Gasteiger charge is 2.33. The molecule has 3 rings (SSSR count). The third-order valence-corrected chi connectivity index (χ3v) is 5.29. The molecule has 28 heavy (non-hydrogen) atoms. The SMILES string of the molecule is CCC(=O)N(C)CC(=O)N1N=C(c2ccc(C)c(C)c2)C[C@H]1c1ccccc1. The summed E-state index contributed by atoms with van der Waals surface area (Å²) in [5.74, 6) is -0.223. The van der Waals surface area contributed by atoms with Crippen LogP contribution in [-0.2, 0) is 9.59 Å². The van der Waals surface area contributed by atoms with E-state index in [9.17, 15) is 9.59 Å². The van der Waals surface area contributed by atoms with Gasteiger partial charge in [-0.05, 0) is 42.2 Å². The molecular weight excluding hydrogens is 350 g/mol. The lowest BCUT2D eigenvalue weighted by atomic mass is 9.96. The molecule has 5 nitrogen and oxygen atoms in total. The molecule has 0 unspecified atom stereocenters. The van der Waals surface area contributed by atoms with E-state index in [-0.39, 0.29) is 24.4 Å². The first-order valence-electron chi connectivity index (χ1n) is 9.66. The van der Waals surface area contributed by atoms with Crippen molar-refractivity contribution in [3.05, 3.63) is 70.8 Å². The maximum Gasteiger partial charge on any atom is 0.262 e. The molecule has 146 valence electrons. The number of carbonyl (C=O) groups is 2. The molecule has 0 saturated carbocycles. The molecule has 5 heteroatoms. The molecule has 1 atom stereocenters. The first-order valence-corrected chi connectivity index (χ1v) is 9.66. The molecule has 2 amide bonds. The normalized spacial score (nSPS) is 16.1. The number of aryl methyl sites for hydroxylation is 2. The van der Waals surface area contributed by atoms with Gasteiger partial charge in [0.25, 0.3) is 5.91 Å². The Morgan fingerprint density at radius 2 is 1.82 bits per heavy atom. The zero-order valence-corrected chi connectivity index (χ0v) is 17.0. The number of rotatable bonds is 5. The molecule has 0 bridgehead atoms. The molecular formula is C23H27N3O2. The molecule has 0 N–H and O–H groups in total. The maximum absolute atomic E-state index is 13.0. The highest BCUT2D eigenvalue weighted by Crippen LogP contribution is 2.33. The van der Waals surface area contributed by atoms with E-state index in [2.05, 4.69) is 37.1 Å². The topological polar surface area (TPSA) is 53.0 Å². The minimum Gasteiger partial charge on any atom is -0.336 e. The summed E-state index contributed by atoms with van der Waals surface area (Å²) in [6.45, 7) is 5.98. The number of hydrazone groups is 1. The largest absolute Gasteiger partial charge is 0.336 e. The molecule has 1 aliphatic heterocycles. The van der Waals surface area contributed by atoms with E-state index in [0.29, 0.717) is 12.8 Å². The fourth-order valence-corrected chi connectivity index (χ4v) is 3.40. The van der Waals surface area contributed by atoms with Gasteiger partial charge in [-0.25, -0.2) is 5.01 Å². The van der Waals surface area contributed by atoms with E-state index in [4.69, 9.17) is 0 Å². The van der Waals surface area contributed by atoms with E-state index < -0.39 is 0 Å². The zero-order valence-electron chi connectivity index (χ0n) is 17.0. The van der Waals surface area contributed by atoms with Gasteiger partial charge in [0, 0.05) is 19.9 Å². The maximum atomic E-state index is 13.0. The summed E-state index contributed by atoms with van der Waals surface area (Å²) in [7, 11) is 1.66. The zero-order chi connectivity index (χ0) is 20.3. The van der Waals surface area contributed by atoms with E-state index in [1.54, 1.807) is 19.0 Å². The van der Waals surface area contributed by atoms with Crippen molar-refractivity contribution in [2.24, 2.45) is 5.10 Å². The molecule has 0 radical (unpaired) electrons. The van der Waals surface area contributed by atoms with Crippen LogP contribution >= 0.6 is 0 Å². The number of likely N-dealkylation sites (N-methyl/N-ethyl adjacent to an activating group) is 1. The van der Waals surface area contributed by atoms with Crippen LogP contribution < -0.4 is 0 Å². The Morgan fingerprint density at radius 3 is 2.46 bits per heavy atom. The van der Waals surface area contributed by atoms with Crippen molar-refractivity contribution in [3.63, 3.8) is 0 Å². The third-order valence-electron chi connectivity index (χ3n) is 5.29. The molecule has 2 aromatic carbocycles. The first-order chi connectivity index (χ1) is 13.4. The highest BCUT2D eigenvalue weighted by molar-refractivity contribution is 6.03. The lowest BCUT2D eigenvalue weighted by Gasteiger charge is -2.24. The lowest BCUT2D eigenvalue weighted by Crippen LogP contribution is -2.38. The molecule has 0 aliphatic carbocycles. The van der Waals surface area contributed by atoms with Gasteiger partial charge in [0.1, 0.15) is 6.54 Å². The van der Waals surface area contributed by atoms with E-state index in [1.165, 1.54) is 16.0 Å². The number of carbonyl (C=O) groups excluding carboxylic acids is 2. The molecule has 0 saturated heterocycles. The monoisotopic (exact) mass is 377 g/mol. The molecule has 0 spiro atoms. The summed E-state index contributed by atoms with van der Waals surface area (Å²) >= 11 is 0. The Balaban J connectivity index is 1.91. The fourth-order valence-electron chi connectivity index (χ4n) is 3.40. The predicted molar refractivity (Wildman–Crippen MR) is 111 cm³/mol. The number of benzene rings is 2. The minimum atomic E-state index is -0.169. The second kappa shape index (κ2) is 8.38. The molecule has 1 heterocycles. The predicted octanol–water partition coefficient (Wildman–Crippen LogP) is 3.85. The van der Waals surface area contributed by atoms with Crippen molar-refractivity contribution in [3.8, 4) is 0 Å². The summed E-state index contributed by atoms with van der Waals surface area (Å²) in [5.41, 5.74) is 5.42. The molecule has 2 aromatic rings. The van der Waals surface area contributed by atoms with Crippen LogP contribution in [0.25, 0.3) is 0 Å². The van der Waals surface area contributed by atoms with Crippen LogP contribution in [0.15, 0.2) is 53.6 Å². The summed E-state index contributed by atoms with van der Waals surface area (Å²) in [4.78, 5) is 26.3. The first kappa shape index (κ1) is 19.8. The summed E-state index contributed by atoms with van der Waals surface area (Å²) in [6.07, 6.45) is 1.03. The van der Waals surface area contributed by atoms with Crippen LogP contribution in [0.5, 0.6) is 0 Å². The van der Waals surface area contributed by atoms with Crippen LogP contribution in [0.2, 0.25) is 0 Å². The third kappa shape index (κ3) is 4.14. The Labute approximate surface area is 166 Å². The average molecular weight is 377 g/mol. The lowest BCUT2D eigenvalue weighted by molar-refractivity contribution is -0.140. The van der Waals surface area contributed by atoms with E-state index in [1.807, 2.05) is 30.3 Å². The van der Waals surface area contributed by atoms with Gasteiger partial charge >= 0.3 is 0 Å². The van der Waals surface area contributed by atoms with Crippen molar-refractivity contribution in [2.75, 3.05) is 13.6 Å². The molecule has 0 fully saturated rings. The second-order valence-corrected chi connectivity index (χ2v) is 7.32. The number of hydrogen-bond acceptors (Lipinski definition) is 3. The van der Waals surface area contributed by atoms with Gasteiger partial charge in [-0.2, -0.15) is 5.10 Å². The van der Waals surface area contributed by atoms with Crippen molar-refractivity contribution in [2.45, 2.75) is 39.7 Å². The number of nitrogens with zero attached hydrogens (tertiary/aromatic N) is 3. The van der Waals surface area contributed by atoms with E-state index in [0.717, 1.165) is 16.8 Å². The van der Waals surface area contributed by atoms with Gasteiger partial charge in [-0.1, -0.05) is 49.4 Å². The minimum absolute atomic E-state index is 0.0275. The number of amides is 2. The fraction of sp³-hybridized carbons (Fsp3) is 0.348. The van der Waals surface area contributed by atoms with Crippen molar-refractivity contribution in [1.82, 2.24) is 9.91 Å². The van der Waals surface area contributed by atoms with Gasteiger partial charge in [0.15, 0.2) is 0 Å². The molecule has 0 aromatic heterocycles. The van der Waals surface area contributed by atoms with Crippen LogP contribution in [-0.4, -0.2) is 41.0 Å². The van der Waals surface area contributed by atoms with Crippen molar-refractivity contribution < 1.29 is 9.59 Å². The summed E-state index contributed by atoms with van der Waals surface area (Å²) in [6, 6.07) is 16.1. The highest BCUT2D eigenvalue weighted by atomic mass is 16.2. The Kier molecular flexibility index (Phi) is 5.93. The van der Waals surface area contributed by atoms with Crippen LogP contribution in [0.1, 0.15) is 48.1 Å². The summed E-state index contributed by atoms with van der Waals surface area (Å²) in [5, 5.41) is 6.24. The Morgan fingerprint density at radius 1 is 1.11 bits per heavy atom. The standard InChI is InChI=1S/C23H27N3O2/c1-5-22(27)25(4)15-23(28)26-21(18-9-7-6-8-10-18)14-20(24-26)19-12-11-16(2)17(3)13-19/h6-13,21H,5,14-15H2,1-4H3/t21-/m0/s1. The second-order valence-electron chi connectivity index (χ2n) is 7.32. The van der Waals surface area contributed by atoms with Crippen molar-refractivity contribution in [1.29, 1.82) is 0 Å². The smallest absolute Gasteiger partial charge is 0.262 e. The molecule has 1 aliphatic rings. The van der Waals surface area contributed by atoms with Crippen LogP contribution in [0, 0.1) is 13.8 Å². The Bertz CT molecular complexity index is 905. The van der Waals surface area contributed by atoms with Gasteiger partial charge in [0.05, 0.1) is 11.8 Å². The quantitative estimate of drug-likeness (QED) is 0.795. The average Bonchev–Trinajstić information content (AvgIpc) is 3.15. The van der Waals surface area contributed by atoms with Crippen LogP contribution in [0.3, 0.4) is 0 Å². The van der Waals surface area contributed by atoms with Gasteiger partial charge in [-0.15, -0.1) is 0 Å². The van der Waals surface area contributed by atoms with Crippen LogP contribution in [0.4, 0.5) is 0 Å². The van der Waals surface area contributed by atoms with Gasteiger partial charge < -0.3 is 4.90 Å². The van der Waals surface area contributed by atoms with Crippen molar-refractivity contribution >= 4 is 17.5 Å².